The Balaban J connectivity index is 2.66. The van der Waals surface area contributed by atoms with E-state index in [0.717, 1.165) is 0 Å². The van der Waals surface area contributed by atoms with Gasteiger partial charge in [-0.05, 0) is 0 Å². The fourth-order valence-corrected chi connectivity index (χ4v) is 1.78. The molecule has 8 heteroatoms. The summed E-state index contributed by atoms with van der Waals surface area (Å²) in [5, 5.41) is 21.8. The lowest BCUT2D eigenvalue weighted by atomic mass is 10.2. The highest BCUT2D eigenvalue weighted by Gasteiger charge is 2.21. The van der Waals surface area contributed by atoms with Crippen LogP contribution >= 0.6 is 11.3 Å². The van der Waals surface area contributed by atoms with Gasteiger partial charge in [0.1, 0.15) is 16.7 Å². The summed E-state index contributed by atoms with van der Waals surface area (Å²) in [5.41, 5.74) is 5.49. The molecule has 17 heavy (non-hydrogen) atoms. The van der Waals surface area contributed by atoms with Gasteiger partial charge in [0.2, 0.25) is 0 Å². The van der Waals surface area contributed by atoms with Crippen molar-refractivity contribution in [1.82, 2.24) is 10.3 Å². The van der Waals surface area contributed by atoms with Crippen molar-refractivity contribution in [2.75, 3.05) is 6.61 Å². The Morgan fingerprint density at radius 1 is 1.59 bits per heavy atom. The molecule has 7 nitrogen and oxygen atoms in total. The maximum absolute atomic E-state index is 11.6. The van der Waals surface area contributed by atoms with Crippen LogP contribution < -0.4 is 11.1 Å². The van der Waals surface area contributed by atoms with Crippen LogP contribution in [0.15, 0.2) is 5.38 Å². The molecule has 0 saturated carbocycles. The maximum Gasteiger partial charge on any atom is 0.326 e. The zero-order valence-electron chi connectivity index (χ0n) is 8.92. The van der Waals surface area contributed by atoms with Crippen molar-refractivity contribution in [3.63, 3.8) is 0 Å². The van der Waals surface area contributed by atoms with Crippen LogP contribution in [0.5, 0.6) is 0 Å². The van der Waals surface area contributed by atoms with Gasteiger partial charge in [-0.15, -0.1) is 11.3 Å². The highest BCUT2D eigenvalue weighted by atomic mass is 32.1. The second kappa shape index (κ2) is 6.28. The third kappa shape index (κ3) is 3.77. The number of carboxylic acids is 1. The van der Waals surface area contributed by atoms with Gasteiger partial charge in [0.15, 0.2) is 0 Å². The molecule has 0 saturated heterocycles. The molecule has 0 aromatic carbocycles. The zero-order valence-corrected chi connectivity index (χ0v) is 9.74. The standard InChI is InChI=1S/C9H13N3O4S/c10-3-7-11-6(4-17-7)8(14)12-5(1-2-13)9(15)16/h4-5,13H,1-3,10H2,(H,12,14)(H,15,16). The molecule has 1 rings (SSSR count). The van der Waals surface area contributed by atoms with Gasteiger partial charge >= 0.3 is 5.97 Å². The first-order valence-electron chi connectivity index (χ1n) is 4.87. The average molecular weight is 259 g/mol. The van der Waals surface area contributed by atoms with Gasteiger partial charge in [-0.3, -0.25) is 4.79 Å². The number of amides is 1. The number of nitrogens with two attached hydrogens (primary N) is 1. The summed E-state index contributed by atoms with van der Waals surface area (Å²) in [6, 6.07) is -1.12. The van der Waals surface area contributed by atoms with E-state index in [0.29, 0.717) is 5.01 Å². The summed E-state index contributed by atoms with van der Waals surface area (Å²) >= 11 is 1.23. The summed E-state index contributed by atoms with van der Waals surface area (Å²) in [7, 11) is 0. The predicted molar refractivity (Wildman–Crippen MR) is 60.6 cm³/mol. The van der Waals surface area contributed by atoms with Gasteiger partial charge in [0.05, 0.1) is 0 Å². The van der Waals surface area contributed by atoms with Crippen LogP contribution in [-0.4, -0.2) is 39.7 Å². The summed E-state index contributed by atoms with van der Waals surface area (Å²) in [6.07, 6.45) is -0.0467. The fourth-order valence-electron chi connectivity index (χ4n) is 1.13. The summed E-state index contributed by atoms with van der Waals surface area (Å²) < 4.78 is 0. The van der Waals surface area contributed by atoms with Crippen molar-refractivity contribution in [1.29, 1.82) is 0 Å². The number of aliphatic carboxylic acids is 1. The molecule has 0 bridgehead atoms. The van der Waals surface area contributed by atoms with Crippen molar-refractivity contribution in [3.05, 3.63) is 16.1 Å². The van der Waals surface area contributed by atoms with Gasteiger partial charge in [-0.25, -0.2) is 9.78 Å². The SMILES string of the molecule is NCc1nc(C(=O)NC(CCO)C(=O)O)cs1. The monoisotopic (exact) mass is 259 g/mol. The number of hydrogen-bond acceptors (Lipinski definition) is 6. The first-order chi connectivity index (χ1) is 8.08. The molecule has 1 atom stereocenters. The Bertz CT molecular complexity index is 407. The number of thiazole rings is 1. The molecular formula is C9H13N3O4S. The Hall–Kier alpha value is -1.51. The minimum absolute atomic E-state index is 0.0467. The number of nitrogens with one attached hydrogen (secondary N) is 1. The highest BCUT2D eigenvalue weighted by Crippen LogP contribution is 2.09. The zero-order chi connectivity index (χ0) is 12.8. The third-order valence-corrected chi connectivity index (χ3v) is 2.85. The second-order valence-corrected chi connectivity index (χ2v) is 4.15. The van der Waals surface area contributed by atoms with E-state index in [1.807, 2.05) is 0 Å². The van der Waals surface area contributed by atoms with Gasteiger partial charge in [-0.2, -0.15) is 0 Å². The number of aliphatic hydroxyl groups excluding tert-OH is 1. The van der Waals surface area contributed by atoms with Crippen LogP contribution in [0.25, 0.3) is 0 Å². The molecule has 94 valence electrons. The number of carbonyl (C=O) groups excluding carboxylic acids is 1. The van der Waals surface area contributed by atoms with Crippen molar-refractivity contribution in [2.45, 2.75) is 19.0 Å². The Morgan fingerprint density at radius 3 is 2.76 bits per heavy atom. The average Bonchev–Trinajstić information content (AvgIpc) is 2.76. The lowest BCUT2D eigenvalue weighted by molar-refractivity contribution is -0.139. The second-order valence-electron chi connectivity index (χ2n) is 3.21. The summed E-state index contributed by atoms with van der Waals surface area (Å²) in [4.78, 5) is 26.3. The molecule has 1 heterocycles. The lowest BCUT2D eigenvalue weighted by Crippen LogP contribution is -2.41. The number of aliphatic hydroxyl groups is 1. The molecule has 5 N–H and O–H groups in total. The predicted octanol–water partition coefficient (Wildman–Crippen LogP) is -0.833. The molecule has 1 aromatic heterocycles. The fraction of sp³-hybridized carbons (Fsp3) is 0.444. The molecule has 0 spiro atoms. The van der Waals surface area contributed by atoms with Crippen molar-refractivity contribution in [3.8, 4) is 0 Å². The third-order valence-electron chi connectivity index (χ3n) is 1.98. The van der Waals surface area contributed by atoms with Crippen LogP contribution in [0.3, 0.4) is 0 Å². The minimum atomic E-state index is -1.19. The highest BCUT2D eigenvalue weighted by molar-refractivity contribution is 7.09. The van der Waals surface area contributed by atoms with Gasteiger partial charge in [0, 0.05) is 25.0 Å². The quantitative estimate of drug-likeness (QED) is 0.528. The Kier molecular flexibility index (Phi) is 5.01. The maximum atomic E-state index is 11.6. The number of hydrogen-bond donors (Lipinski definition) is 4. The summed E-state index contributed by atoms with van der Waals surface area (Å²) in [5.74, 6) is -1.77. The number of carboxylic acid groups (broad SMARTS) is 1. The van der Waals surface area contributed by atoms with Gasteiger partial charge in [-0.1, -0.05) is 0 Å². The van der Waals surface area contributed by atoms with Gasteiger partial charge in [0.25, 0.3) is 5.91 Å². The lowest BCUT2D eigenvalue weighted by Gasteiger charge is -2.11. The van der Waals surface area contributed by atoms with Crippen LogP contribution in [0.1, 0.15) is 21.9 Å². The van der Waals surface area contributed by atoms with E-state index in [-0.39, 0.29) is 25.3 Å². The summed E-state index contributed by atoms with van der Waals surface area (Å²) in [6.45, 7) is -0.0840. The molecule has 0 aliphatic heterocycles. The largest absolute Gasteiger partial charge is 0.480 e. The van der Waals surface area contributed by atoms with Crippen LogP contribution in [0, 0.1) is 0 Å². The smallest absolute Gasteiger partial charge is 0.326 e. The molecule has 0 radical (unpaired) electrons. The molecule has 1 aromatic rings. The minimum Gasteiger partial charge on any atom is -0.480 e. The van der Waals surface area contributed by atoms with E-state index in [4.69, 9.17) is 15.9 Å². The molecule has 0 aliphatic carbocycles. The van der Waals surface area contributed by atoms with E-state index < -0.39 is 17.9 Å². The molecular weight excluding hydrogens is 246 g/mol. The number of carbonyl (C=O) groups is 2. The van der Waals surface area contributed by atoms with E-state index in [1.165, 1.54) is 16.7 Å². The first kappa shape index (κ1) is 13.6. The molecule has 1 unspecified atom stereocenters. The molecule has 0 aliphatic rings. The van der Waals surface area contributed by atoms with E-state index >= 15 is 0 Å². The van der Waals surface area contributed by atoms with Crippen LogP contribution in [-0.2, 0) is 11.3 Å². The van der Waals surface area contributed by atoms with E-state index in [9.17, 15) is 9.59 Å². The van der Waals surface area contributed by atoms with Crippen molar-refractivity contribution >= 4 is 23.2 Å². The first-order valence-corrected chi connectivity index (χ1v) is 5.75. The normalized spacial score (nSPS) is 12.1. The number of rotatable bonds is 6. The molecule has 0 fully saturated rings. The van der Waals surface area contributed by atoms with E-state index in [2.05, 4.69) is 10.3 Å². The van der Waals surface area contributed by atoms with Crippen molar-refractivity contribution in [2.24, 2.45) is 5.73 Å². The van der Waals surface area contributed by atoms with Gasteiger partial charge < -0.3 is 21.3 Å². The Morgan fingerprint density at radius 2 is 2.29 bits per heavy atom. The van der Waals surface area contributed by atoms with E-state index in [1.54, 1.807) is 0 Å². The topological polar surface area (TPSA) is 126 Å². The number of aromatic nitrogens is 1. The molecule has 1 amide bonds. The number of nitrogens with zero attached hydrogens (tertiary/aromatic N) is 1. The van der Waals surface area contributed by atoms with Crippen LogP contribution in [0.2, 0.25) is 0 Å². The van der Waals surface area contributed by atoms with Crippen molar-refractivity contribution < 1.29 is 19.8 Å². The Labute approximate surface area is 101 Å². The van der Waals surface area contributed by atoms with Crippen LogP contribution in [0.4, 0.5) is 0 Å².